The maximum Gasteiger partial charge on any atom is 0.238 e. The van der Waals surface area contributed by atoms with Crippen molar-refractivity contribution in [1.82, 2.24) is 0 Å². The molecule has 0 radical (unpaired) electrons. The Labute approximate surface area is 111 Å². The number of carbonyl (C=O) groups excluding carboxylic acids is 1. The molecule has 0 saturated carbocycles. The van der Waals surface area contributed by atoms with Gasteiger partial charge in [-0.25, -0.2) is 13.6 Å². The maximum absolute atomic E-state index is 11.5. The number of sulfonamides is 1. The number of hydrogen-bond donors (Lipinski definition) is 1. The van der Waals surface area contributed by atoms with Gasteiger partial charge in [-0.05, 0) is 29.7 Å². The van der Waals surface area contributed by atoms with E-state index in [4.69, 9.17) is 5.14 Å². The Hall–Kier alpha value is -1.98. The van der Waals surface area contributed by atoms with Gasteiger partial charge in [0.05, 0.1) is 4.90 Å². The minimum atomic E-state index is -3.79. The number of carbonyl (C=O) groups is 1. The normalized spacial score (nSPS) is 11.2. The summed E-state index contributed by atoms with van der Waals surface area (Å²) in [5.74, 6) is 0. The van der Waals surface area contributed by atoms with E-state index in [-0.39, 0.29) is 4.90 Å². The molecule has 0 atom stereocenters. The molecule has 0 aliphatic carbocycles. The SMILES string of the molecule is NS(=O)(=O)c1ccc(C=O)cc1Cc1ccccc1. The first-order valence-corrected chi connectivity index (χ1v) is 7.20. The molecule has 0 heterocycles. The van der Waals surface area contributed by atoms with Crippen LogP contribution >= 0.6 is 0 Å². The van der Waals surface area contributed by atoms with Gasteiger partial charge in [0, 0.05) is 5.56 Å². The molecule has 0 aliphatic rings. The van der Waals surface area contributed by atoms with Crippen molar-refractivity contribution in [2.75, 3.05) is 0 Å². The van der Waals surface area contributed by atoms with Crippen molar-refractivity contribution in [1.29, 1.82) is 0 Å². The van der Waals surface area contributed by atoms with E-state index >= 15 is 0 Å². The first kappa shape index (κ1) is 13.5. The topological polar surface area (TPSA) is 77.2 Å². The summed E-state index contributed by atoms with van der Waals surface area (Å²) in [6, 6.07) is 13.8. The highest BCUT2D eigenvalue weighted by molar-refractivity contribution is 7.89. The van der Waals surface area contributed by atoms with E-state index in [1.807, 2.05) is 30.3 Å². The third kappa shape index (κ3) is 3.27. The van der Waals surface area contributed by atoms with Crippen LogP contribution < -0.4 is 5.14 Å². The van der Waals surface area contributed by atoms with Crippen molar-refractivity contribution in [3.8, 4) is 0 Å². The van der Waals surface area contributed by atoms with Crippen molar-refractivity contribution in [3.63, 3.8) is 0 Å². The highest BCUT2D eigenvalue weighted by Gasteiger charge is 2.14. The van der Waals surface area contributed by atoms with Crippen molar-refractivity contribution < 1.29 is 13.2 Å². The first-order chi connectivity index (χ1) is 9.00. The predicted octanol–water partition coefficient (Wildman–Crippen LogP) is 1.74. The Balaban J connectivity index is 2.50. The van der Waals surface area contributed by atoms with Gasteiger partial charge in [-0.3, -0.25) is 4.79 Å². The minimum Gasteiger partial charge on any atom is -0.298 e. The summed E-state index contributed by atoms with van der Waals surface area (Å²) in [5, 5.41) is 5.19. The number of nitrogens with two attached hydrogens (primary N) is 1. The monoisotopic (exact) mass is 275 g/mol. The molecule has 0 fully saturated rings. The van der Waals surface area contributed by atoms with Gasteiger partial charge < -0.3 is 0 Å². The third-order valence-electron chi connectivity index (χ3n) is 2.76. The lowest BCUT2D eigenvalue weighted by Gasteiger charge is -2.08. The summed E-state index contributed by atoms with van der Waals surface area (Å²) in [6.07, 6.45) is 1.09. The number of rotatable bonds is 4. The minimum absolute atomic E-state index is 0.0574. The van der Waals surface area contributed by atoms with Crippen LogP contribution in [0.4, 0.5) is 0 Å². The van der Waals surface area contributed by atoms with Crippen LogP contribution in [0, 0.1) is 0 Å². The predicted molar refractivity (Wildman–Crippen MR) is 72.5 cm³/mol. The number of primary sulfonamides is 1. The van der Waals surface area contributed by atoms with Crippen LogP contribution in [0.3, 0.4) is 0 Å². The van der Waals surface area contributed by atoms with E-state index in [1.54, 1.807) is 6.07 Å². The summed E-state index contributed by atoms with van der Waals surface area (Å²) in [5.41, 5.74) is 1.91. The van der Waals surface area contributed by atoms with Crippen LogP contribution in [0.2, 0.25) is 0 Å². The average molecular weight is 275 g/mol. The average Bonchev–Trinajstić information content (AvgIpc) is 2.38. The molecule has 98 valence electrons. The van der Waals surface area contributed by atoms with Gasteiger partial charge in [-0.1, -0.05) is 36.4 Å². The number of aldehydes is 1. The Kier molecular flexibility index (Phi) is 3.78. The van der Waals surface area contributed by atoms with Gasteiger partial charge in [0.1, 0.15) is 6.29 Å². The van der Waals surface area contributed by atoms with E-state index < -0.39 is 10.0 Å². The Morgan fingerprint density at radius 2 is 1.74 bits per heavy atom. The fraction of sp³-hybridized carbons (Fsp3) is 0.0714. The summed E-state index contributed by atoms with van der Waals surface area (Å²) >= 11 is 0. The van der Waals surface area contributed by atoms with Crippen LogP contribution in [0.5, 0.6) is 0 Å². The van der Waals surface area contributed by atoms with Crippen LogP contribution in [-0.4, -0.2) is 14.7 Å². The molecule has 0 aliphatic heterocycles. The molecule has 0 bridgehead atoms. The van der Waals surface area contributed by atoms with E-state index in [0.717, 1.165) is 5.56 Å². The molecule has 19 heavy (non-hydrogen) atoms. The lowest BCUT2D eigenvalue weighted by atomic mass is 10.0. The molecule has 5 heteroatoms. The van der Waals surface area contributed by atoms with Crippen molar-refractivity contribution in [2.45, 2.75) is 11.3 Å². The Bertz CT molecular complexity index is 694. The van der Waals surface area contributed by atoms with Crippen LogP contribution in [0.15, 0.2) is 53.4 Å². The Morgan fingerprint density at radius 3 is 2.32 bits per heavy atom. The number of hydrogen-bond acceptors (Lipinski definition) is 3. The second-order valence-corrected chi connectivity index (χ2v) is 5.72. The fourth-order valence-electron chi connectivity index (χ4n) is 1.90. The zero-order valence-electron chi connectivity index (χ0n) is 10.1. The fourth-order valence-corrected chi connectivity index (χ4v) is 2.66. The van der Waals surface area contributed by atoms with Crippen LogP contribution in [0.1, 0.15) is 21.5 Å². The molecular formula is C14H13NO3S. The molecule has 2 aromatic carbocycles. The smallest absolute Gasteiger partial charge is 0.238 e. The van der Waals surface area contributed by atoms with Gasteiger partial charge in [0.25, 0.3) is 0 Å². The summed E-state index contributed by atoms with van der Waals surface area (Å²) < 4.78 is 23.1. The van der Waals surface area contributed by atoms with E-state index in [9.17, 15) is 13.2 Å². The maximum atomic E-state index is 11.5. The van der Waals surface area contributed by atoms with Gasteiger partial charge in [0.15, 0.2) is 0 Å². The first-order valence-electron chi connectivity index (χ1n) is 5.65. The summed E-state index contributed by atoms with van der Waals surface area (Å²) in [7, 11) is -3.79. The lowest BCUT2D eigenvalue weighted by molar-refractivity contribution is 0.112. The standard InChI is InChI=1S/C14H13NO3S/c15-19(17,18)14-7-6-12(10-16)9-13(14)8-11-4-2-1-3-5-11/h1-7,9-10H,8H2,(H2,15,17,18). The molecule has 2 N–H and O–H groups in total. The number of benzene rings is 2. The van der Waals surface area contributed by atoms with Gasteiger partial charge >= 0.3 is 0 Å². The molecule has 4 nitrogen and oxygen atoms in total. The van der Waals surface area contributed by atoms with Gasteiger partial charge in [-0.15, -0.1) is 0 Å². The molecule has 0 saturated heterocycles. The zero-order chi connectivity index (χ0) is 13.9. The summed E-state index contributed by atoms with van der Waals surface area (Å²) in [4.78, 5) is 10.8. The van der Waals surface area contributed by atoms with Crippen LogP contribution in [-0.2, 0) is 16.4 Å². The van der Waals surface area contributed by atoms with Crippen molar-refractivity contribution >= 4 is 16.3 Å². The molecule has 2 aromatic rings. The van der Waals surface area contributed by atoms with Gasteiger partial charge in [0.2, 0.25) is 10.0 Å². The molecule has 0 spiro atoms. The lowest BCUT2D eigenvalue weighted by Crippen LogP contribution is -2.15. The molecular weight excluding hydrogens is 262 g/mol. The van der Waals surface area contributed by atoms with Crippen molar-refractivity contribution in [2.24, 2.45) is 5.14 Å². The summed E-state index contributed by atoms with van der Waals surface area (Å²) in [6.45, 7) is 0. The molecule has 0 unspecified atom stereocenters. The third-order valence-corrected chi connectivity index (χ3v) is 3.78. The van der Waals surface area contributed by atoms with Crippen molar-refractivity contribution in [3.05, 3.63) is 65.2 Å². The van der Waals surface area contributed by atoms with E-state index in [2.05, 4.69) is 0 Å². The van der Waals surface area contributed by atoms with Crippen LogP contribution in [0.25, 0.3) is 0 Å². The largest absolute Gasteiger partial charge is 0.298 e. The zero-order valence-corrected chi connectivity index (χ0v) is 10.9. The highest BCUT2D eigenvalue weighted by Crippen LogP contribution is 2.19. The van der Waals surface area contributed by atoms with Gasteiger partial charge in [-0.2, -0.15) is 0 Å². The highest BCUT2D eigenvalue weighted by atomic mass is 32.2. The second-order valence-electron chi connectivity index (χ2n) is 4.19. The van der Waals surface area contributed by atoms with E-state index in [0.29, 0.717) is 23.8 Å². The van der Waals surface area contributed by atoms with E-state index in [1.165, 1.54) is 12.1 Å². The molecule has 0 aromatic heterocycles. The second kappa shape index (κ2) is 5.34. The molecule has 2 rings (SSSR count). The Morgan fingerprint density at radius 1 is 1.05 bits per heavy atom. The quantitative estimate of drug-likeness (QED) is 0.863. The molecule has 0 amide bonds.